The van der Waals surface area contributed by atoms with Crippen LogP contribution in [0.5, 0.6) is 5.75 Å². The maximum Gasteiger partial charge on any atom is 0.255 e. The summed E-state index contributed by atoms with van der Waals surface area (Å²) >= 11 is 0. The van der Waals surface area contributed by atoms with E-state index in [9.17, 15) is 4.79 Å². The van der Waals surface area contributed by atoms with Gasteiger partial charge in [-0.2, -0.15) is 0 Å². The molecule has 1 aromatic carbocycles. The molecular weight excluding hydrogens is 266 g/mol. The molecule has 0 saturated heterocycles. The first-order valence-corrected chi connectivity index (χ1v) is 6.80. The van der Waals surface area contributed by atoms with Gasteiger partial charge < -0.3 is 15.4 Å². The van der Waals surface area contributed by atoms with Gasteiger partial charge in [-0.1, -0.05) is 0 Å². The minimum Gasteiger partial charge on any atom is -0.497 e. The van der Waals surface area contributed by atoms with E-state index in [2.05, 4.69) is 15.6 Å². The third kappa shape index (κ3) is 3.72. The summed E-state index contributed by atoms with van der Waals surface area (Å²) in [6.45, 7) is 4.67. The molecule has 0 fully saturated rings. The second-order valence-corrected chi connectivity index (χ2v) is 4.60. The molecule has 2 N–H and O–H groups in total. The normalized spacial score (nSPS) is 10.0. The van der Waals surface area contributed by atoms with Crippen molar-refractivity contribution >= 4 is 17.4 Å². The molecule has 1 heterocycles. The van der Waals surface area contributed by atoms with Crippen molar-refractivity contribution < 1.29 is 9.53 Å². The molecule has 1 aromatic heterocycles. The highest BCUT2D eigenvalue weighted by atomic mass is 16.5. The first kappa shape index (κ1) is 14.8. The lowest BCUT2D eigenvalue weighted by Gasteiger charge is -2.10. The number of carbonyl (C=O) groups is 1. The van der Waals surface area contributed by atoms with Gasteiger partial charge in [0.2, 0.25) is 0 Å². The van der Waals surface area contributed by atoms with E-state index in [1.165, 1.54) is 0 Å². The van der Waals surface area contributed by atoms with Gasteiger partial charge in [0.25, 0.3) is 5.91 Å². The molecule has 0 aliphatic heterocycles. The highest BCUT2D eigenvalue weighted by Crippen LogP contribution is 2.21. The fourth-order valence-corrected chi connectivity index (χ4v) is 1.95. The lowest BCUT2D eigenvalue weighted by molar-refractivity contribution is 0.102. The molecule has 0 spiro atoms. The first-order valence-electron chi connectivity index (χ1n) is 6.80. The summed E-state index contributed by atoms with van der Waals surface area (Å²) in [6, 6.07) is 8.96. The number of nitrogens with one attached hydrogen (secondary N) is 2. The van der Waals surface area contributed by atoms with E-state index in [0.29, 0.717) is 11.4 Å². The van der Waals surface area contributed by atoms with Crippen molar-refractivity contribution in [2.24, 2.45) is 0 Å². The fourth-order valence-electron chi connectivity index (χ4n) is 1.95. The van der Waals surface area contributed by atoms with Gasteiger partial charge in [-0.3, -0.25) is 4.79 Å². The highest BCUT2D eigenvalue weighted by Gasteiger charge is 2.09. The monoisotopic (exact) mass is 285 g/mol. The van der Waals surface area contributed by atoms with Gasteiger partial charge in [0, 0.05) is 24.0 Å². The molecule has 2 rings (SSSR count). The molecule has 0 aliphatic carbocycles. The number of hydrogen-bond donors (Lipinski definition) is 2. The van der Waals surface area contributed by atoms with Gasteiger partial charge in [-0.25, -0.2) is 4.98 Å². The highest BCUT2D eigenvalue weighted by molar-refractivity contribution is 6.05. The summed E-state index contributed by atoms with van der Waals surface area (Å²) in [5, 5.41) is 5.98. The zero-order chi connectivity index (χ0) is 15.2. The second-order valence-electron chi connectivity index (χ2n) is 4.60. The Kier molecular flexibility index (Phi) is 4.77. The van der Waals surface area contributed by atoms with Crippen LogP contribution in [0, 0.1) is 6.92 Å². The number of anilines is 2. The summed E-state index contributed by atoms with van der Waals surface area (Å²) in [6.07, 6.45) is 1.62. The third-order valence-electron chi connectivity index (χ3n) is 3.06. The van der Waals surface area contributed by atoms with Crippen LogP contribution >= 0.6 is 0 Å². The van der Waals surface area contributed by atoms with Gasteiger partial charge in [0.1, 0.15) is 11.6 Å². The molecule has 2 aromatic rings. The van der Waals surface area contributed by atoms with E-state index in [1.54, 1.807) is 25.4 Å². The Morgan fingerprint density at radius 3 is 2.76 bits per heavy atom. The molecule has 0 atom stereocenters. The van der Waals surface area contributed by atoms with Crippen LogP contribution in [-0.2, 0) is 0 Å². The Hall–Kier alpha value is -2.56. The topological polar surface area (TPSA) is 63.2 Å². The Morgan fingerprint density at radius 1 is 1.29 bits per heavy atom. The summed E-state index contributed by atoms with van der Waals surface area (Å²) < 4.78 is 5.15. The largest absolute Gasteiger partial charge is 0.497 e. The molecule has 0 bridgehead atoms. The molecular formula is C16H19N3O2. The van der Waals surface area contributed by atoms with Crippen molar-refractivity contribution in [2.45, 2.75) is 13.8 Å². The van der Waals surface area contributed by atoms with Crippen molar-refractivity contribution in [3.8, 4) is 5.75 Å². The van der Waals surface area contributed by atoms with E-state index in [-0.39, 0.29) is 5.91 Å². The van der Waals surface area contributed by atoms with Crippen LogP contribution in [0.2, 0.25) is 0 Å². The van der Waals surface area contributed by atoms with Gasteiger partial charge in [0.15, 0.2) is 0 Å². The molecule has 0 radical (unpaired) electrons. The van der Waals surface area contributed by atoms with Crippen molar-refractivity contribution in [1.29, 1.82) is 0 Å². The Bertz CT molecular complexity index is 641. The number of carbonyl (C=O) groups excluding carboxylic acids is 1. The quantitative estimate of drug-likeness (QED) is 0.886. The number of benzene rings is 1. The van der Waals surface area contributed by atoms with E-state index in [1.807, 2.05) is 32.0 Å². The molecule has 21 heavy (non-hydrogen) atoms. The molecule has 0 unspecified atom stereocenters. The van der Waals surface area contributed by atoms with Crippen molar-refractivity contribution in [3.63, 3.8) is 0 Å². The molecule has 0 aliphatic rings. The summed E-state index contributed by atoms with van der Waals surface area (Å²) in [7, 11) is 1.62. The molecule has 110 valence electrons. The Balaban J connectivity index is 2.16. The molecule has 5 nitrogen and oxygen atoms in total. The van der Waals surface area contributed by atoms with E-state index >= 15 is 0 Å². The SMILES string of the molecule is CCNc1cc(C(=O)Nc2ccc(OC)cc2C)ccn1. The number of ether oxygens (including phenoxy) is 1. The number of amides is 1. The predicted molar refractivity (Wildman–Crippen MR) is 84.1 cm³/mol. The fraction of sp³-hybridized carbons (Fsp3) is 0.250. The van der Waals surface area contributed by atoms with E-state index in [4.69, 9.17) is 4.74 Å². The number of rotatable bonds is 5. The lowest BCUT2D eigenvalue weighted by atomic mass is 10.1. The predicted octanol–water partition coefficient (Wildman–Crippen LogP) is 3.08. The van der Waals surface area contributed by atoms with Crippen LogP contribution in [0.3, 0.4) is 0 Å². The van der Waals surface area contributed by atoms with E-state index in [0.717, 1.165) is 23.5 Å². The smallest absolute Gasteiger partial charge is 0.255 e. The van der Waals surface area contributed by atoms with Gasteiger partial charge in [0.05, 0.1) is 7.11 Å². The zero-order valence-electron chi connectivity index (χ0n) is 12.4. The van der Waals surface area contributed by atoms with Crippen LogP contribution in [-0.4, -0.2) is 24.5 Å². The first-order chi connectivity index (χ1) is 10.1. The maximum absolute atomic E-state index is 12.3. The lowest BCUT2D eigenvalue weighted by Crippen LogP contribution is -2.13. The molecule has 5 heteroatoms. The number of aromatic nitrogens is 1. The minimum atomic E-state index is -0.162. The average Bonchev–Trinajstić information content (AvgIpc) is 2.50. The standard InChI is InChI=1S/C16H19N3O2/c1-4-17-15-10-12(7-8-18-15)16(20)19-14-6-5-13(21-3)9-11(14)2/h5-10H,4H2,1-3H3,(H,17,18)(H,19,20). The van der Waals surface area contributed by atoms with Crippen LogP contribution < -0.4 is 15.4 Å². The number of aryl methyl sites for hydroxylation is 1. The third-order valence-corrected chi connectivity index (χ3v) is 3.06. The number of methoxy groups -OCH3 is 1. The number of nitrogens with zero attached hydrogens (tertiary/aromatic N) is 1. The Labute approximate surface area is 124 Å². The Morgan fingerprint density at radius 2 is 2.10 bits per heavy atom. The van der Waals surface area contributed by atoms with Crippen LogP contribution in [0.25, 0.3) is 0 Å². The minimum absolute atomic E-state index is 0.162. The maximum atomic E-state index is 12.3. The van der Waals surface area contributed by atoms with Crippen molar-refractivity contribution in [3.05, 3.63) is 47.7 Å². The van der Waals surface area contributed by atoms with Crippen molar-refractivity contribution in [2.75, 3.05) is 24.3 Å². The van der Waals surface area contributed by atoms with E-state index < -0.39 is 0 Å². The molecule has 0 saturated carbocycles. The van der Waals surface area contributed by atoms with Gasteiger partial charge >= 0.3 is 0 Å². The summed E-state index contributed by atoms with van der Waals surface area (Å²) in [5.41, 5.74) is 2.28. The van der Waals surface area contributed by atoms with Crippen LogP contribution in [0.15, 0.2) is 36.5 Å². The summed E-state index contributed by atoms with van der Waals surface area (Å²) in [5.74, 6) is 1.30. The van der Waals surface area contributed by atoms with Gasteiger partial charge in [-0.05, 0) is 49.7 Å². The number of hydrogen-bond acceptors (Lipinski definition) is 4. The zero-order valence-corrected chi connectivity index (χ0v) is 12.4. The molecule has 1 amide bonds. The van der Waals surface area contributed by atoms with Crippen LogP contribution in [0.1, 0.15) is 22.8 Å². The number of pyridine rings is 1. The average molecular weight is 285 g/mol. The second kappa shape index (κ2) is 6.74. The summed E-state index contributed by atoms with van der Waals surface area (Å²) in [4.78, 5) is 16.4. The van der Waals surface area contributed by atoms with Crippen molar-refractivity contribution in [1.82, 2.24) is 4.98 Å². The van der Waals surface area contributed by atoms with Crippen LogP contribution in [0.4, 0.5) is 11.5 Å². The van der Waals surface area contributed by atoms with Gasteiger partial charge in [-0.15, -0.1) is 0 Å².